The summed E-state index contributed by atoms with van der Waals surface area (Å²) in [5.41, 5.74) is 0. The molecule has 0 radical (unpaired) electrons. The number of aromatic nitrogens is 3. The van der Waals surface area contributed by atoms with E-state index in [1.54, 1.807) is 19.0 Å². The van der Waals surface area contributed by atoms with E-state index >= 15 is 0 Å². The van der Waals surface area contributed by atoms with Crippen LogP contribution < -0.4 is 9.80 Å². The Morgan fingerprint density at radius 1 is 1.31 bits per heavy atom. The summed E-state index contributed by atoms with van der Waals surface area (Å²) in [7, 11) is 5.00. The van der Waals surface area contributed by atoms with Crippen LogP contribution in [0, 0.1) is 11.5 Å². The zero-order valence-electron chi connectivity index (χ0n) is 9.18. The van der Waals surface area contributed by atoms with Gasteiger partial charge in [0.1, 0.15) is 6.73 Å². The SMILES string of the molecule is COCN(C#N)c1nc(Cl)nc(N(C)C)n1. The highest BCUT2D eigenvalue weighted by Crippen LogP contribution is 2.14. The molecule has 1 heterocycles. The highest BCUT2D eigenvalue weighted by atomic mass is 35.5. The summed E-state index contributed by atoms with van der Waals surface area (Å²) < 4.78 is 4.84. The molecule has 0 unspecified atom stereocenters. The third-order valence-corrected chi connectivity index (χ3v) is 1.77. The van der Waals surface area contributed by atoms with E-state index in [4.69, 9.17) is 21.6 Å². The third kappa shape index (κ3) is 2.92. The van der Waals surface area contributed by atoms with Crippen LogP contribution in [0.1, 0.15) is 0 Å². The van der Waals surface area contributed by atoms with Crippen molar-refractivity contribution in [3.8, 4) is 6.19 Å². The van der Waals surface area contributed by atoms with Crippen LogP contribution >= 0.6 is 11.6 Å². The number of hydrogen-bond acceptors (Lipinski definition) is 7. The summed E-state index contributed by atoms with van der Waals surface area (Å²) in [6.45, 7) is 0.0592. The van der Waals surface area contributed by atoms with E-state index in [0.717, 1.165) is 0 Å². The van der Waals surface area contributed by atoms with Crippen molar-refractivity contribution in [1.82, 2.24) is 15.0 Å². The van der Waals surface area contributed by atoms with Crippen molar-refractivity contribution in [3.63, 3.8) is 0 Å². The number of nitriles is 1. The fourth-order valence-electron chi connectivity index (χ4n) is 0.911. The van der Waals surface area contributed by atoms with Gasteiger partial charge >= 0.3 is 0 Å². The monoisotopic (exact) mass is 242 g/mol. The topological polar surface area (TPSA) is 78.2 Å². The number of nitrogens with zero attached hydrogens (tertiary/aromatic N) is 6. The molecular weight excluding hydrogens is 232 g/mol. The van der Waals surface area contributed by atoms with E-state index in [2.05, 4.69) is 15.0 Å². The van der Waals surface area contributed by atoms with E-state index in [0.29, 0.717) is 5.95 Å². The first kappa shape index (κ1) is 12.4. The molecule has 86 valence electrons. The Balaban J connectivity index is 3.08. The van der Waals surface area contributed by atoms with E-state index in [1.807, 2.05) is 6.19 Å². The van der Waals surface area contributed by atoms with Crippen molar-refractivity contribution in [2.75, 3.05) is 37.7 Å². The molecule has 1 aromatic rings. The maximum absolute atomic E-state index is 8.87. The predicted molar refractivity (Wildman–Crippen MR) is 59.1 cm³/mol. The van der Waals surface area contributed by atoms with Gasteiger partial charge in [-0.2, -0.15) is 20.2 Å². The lowest BCUT2D eigenvalue weighted by Gasteiger charge is -2.15. The molecule has 1 rings (SSSR count). The maximum atomic E-state index is 8.87. The molecule has 0 aromatic carbocycles. The molecule has 0 saturated carbocycles. The van der Waals surface area contributed by atoms with E-state index in [9.17, 15) is 0 Å². The lowest BCUT2D eigenvalue weighted by Crippen LogP contribution is -2.23. The minimum Gasteiger partial charge on any atom is -0.363 e. The fourth-order valence-corrected chi connectivity index (χ4v) is 1.06. The van der Waals surface area contributed by atoms with Gasteiger partial charge in [0.2, 0.25) is 17.2 Å². The van der Waals surface area contributed by atoms with Crippen LogP contribution in [0.4, 0.5) is 11.9 Å². The van der Waals surface area contributed by atoms with Crippen LogP contribution in [0.3, 0.4) is 0 Å². The molecule has 0 atom stereocenters. The molecule has 0 amide bonds. The minimum atomic E-state index is 0.0325. The lowest BCUT2D eigenvalue weighted by molar-refractivity contribution is 0.205. The van der Waals surface area contributed by atoms with Crippen LogP contribution in [0.5, 0.6) is 0 Å². The van der Waals surface area contributed by atoms with Gasteiger partial charge < -0.3 is 9.64 Å². The second-order valence-corrected chi connectivity index (χ2v) is 3.38. The first-order valence-corrected chi connectivity index (χ1v) is 4.71. The molecule has 0 aliphatic heterocycles. The van der Waals surface area contributed by atoms with E-state index in [1.165, 1.54) is 12.0 Å². The molecule has 16 heavy (non-hydrogen) atoms. The van der Waals surface area contributed by atoms with Crippen LogP contribution in [0.15, 0.2) is 0 Å². The van der Waals surface area contributed by atoms with E-state index in [-0.39, 0.29) is 18.0 Å². The minimum absolute atomic E-state index is 0.0325. The Morgan fingerprint density at radius 3 is 2.44 bits per heavy atom. The molecule has 1 aromatic heterocycles. The number of hydrogen-bond donors (Lipinski definition) is 0. The van der Waals surface area contributed by atoms with Gasteiger partial charge in [0, 0.05) is 21.2 Å². The summed E-state index contributed by atoms with van der Waals surface area (Å²) in [4.78, 5) is 14.6. The van der Waals surface area contributed by atoms with Crippen LogP contribution in [0.25, 0.3) is 0 Å². The number of anilines is 2. The van der Waals surface area contributed by atoms with Gasteiger partial charge in [-0.1, -0.05) is 0 Å². The van der Waals surface area contributed by atoms with Gasteiger partial charge in [0.05, 0.1) is 0 Å². The second-order valence-electron chi connectivity index (χ2n) is 3.04. The predicted octanol–water partition coefficient (Wildman–Crippen LogP) is 0.482. The van der Waals surface area contributed by atoms with Crippen LogP contribution in [0.2, 0.25) is 5.28 Å². The number of ether oxygens (including phenoxy) is 1. The van der Waals surface area contributed by atoms with Gasteiger partial charge in [-0.3, -0.25) is 0 Å². The first-order chi connectivity index (χ1) is 7.58. The Bertz CT molecular complexity index is 404. The fraction of sp³-hybridized carbons (Fsp3) is 0.500. The third-order valence-electron chi connectivity index (χ3n) is 1.60. The Labute approximate surface area is 98.2 Å². The van der Waals surface area contributed by atoms with Crippen LogP contribution in [-0.4, -0.2) is 42.9 Å². The van der Waals surface area contributed by atoms with Gasteiger partial charge in [-0.25, -0.2) is 4.90 Å². The zero-order chi connectivity index (χ0) is 12.1. The first-order valence-electron chi connectivity index (χ1n) is 4.33. The van der Waals surface area contributed by atoms with Gasteiger partial charge in [-0.05, 0) is 11.6 Å². The standard InChI is InChI=1S/C8H11ClN6O/c1-14(2)7-11-6(9)12-8(13-7)15(4-10)5-16-3/h5H2,1-3H3. The number of halogens is 1. The average molecular weight is 243 g/mol. The largest absolute Gasteiger partial charge is 0.363 e. The summed E-state index contributed by atoms with van der Waals surface area (Å²) >= 11 is 5.73. The van der Waals surface area contributed by atoms with Crippen molar-refractivity contribution < 1.29 is 4.74 Å². The van der Waals surface area contributed by atoms with E-state index < -0.39 is 0 Å². The zero-order valence-corrected chi connectivity index (χ0v) is 9.93. The highest BCUT2D eigenvalue weighted by Gasteiger charge is 2.13. The van der Waals surface area contributed by atoms with Crippen molar-refractivity contribution in [3.05, 3.63) is 5.28 Å². The Morgan fingerprint density at radius 2 is 1.94 bits per heavy atom. The van der Waals surface area contributed by atoms with Gasteiger partial charge in [-0.15, -0.1) is 0 Å². The number of rotatable bonds is 4. The van der Waals surface area contributed by atoms with Crippen molar-refractivity contribution in [2.24, 2.45) is 0 Å². The summed E-state index contributed by atoms with van der Waals surface area (Å²) in [6, 6.07) is 0. The second kappa shape index (κ2) is 5.44. The quantitative estimate of drug-likeness (QED) is 0.432. The molecule has 0 spiro atoms. The lowest BCUT2D eigenvalue weighted by atomic mass is 10.7. The average Bonchev–Trinajstić information content (AvgIpc) is 2.24. The van der Waals surface area contributed by atoms with Crippen molar-refractivity contribution >= 4 is 23.5 Å². The number of methoxy groups -OCH3 is 1. The molecule has 8 heteroatoms. The highest BCUT2D eigenvalue weighted by molar-refractivity contribution is 6.28. The molecule has 7 nitrogen and oxygen atoms in total. The summed E-state index contributed by atoms with van der Waals surface area (Å²) in [5.74, 6) is 0.541. The molecule has 0 bridgehead atoms. The molecular formula is C8H11ClN6O. The molecule has 0 aliphatic rings. The molecule has 0 fully saturated rings. The smallest absolute Gasteiger partial charge is 0.247 e. The maximum Gasteiger partial charge on any atom is 0.247 e. The summed E-state index contributed by atoms with van der Waals surface area (Å²) in [6.07, 6.45) is 1.89. The van der Waals surface area contributed by atoms with Crippen molar-refractivity contribution in [2.45, 2.75) is 0 Å². The molecule has 0 aliphatic carbocycles. The normalized spacial score (nSPS) is 9.69. The van der Waals surface area contributed by atoms with Gasteiger partial charge in [0.25, 0.3) is 0 Å². The van der Waals surface area contributed by atoms with Gasteiger partial charge in [0.15, 0.2) is 6.19 Å². The van der Waals surface area contributed by atoms with Crippen LogP contribution in [-0.2, 0) is 4.74 Å². The molecule has 0 N–H and O–H groups in total. The Hall–Kier alpha value is -1.65. The molecule has 0 saturated heterocycles. The van der Waals surface area contributed by atoms with Crippen molar-refractivity contribution in [1.29, 1.82) is 5.26 Å². The Kier molecular flexibility index (Phi) is 4.22. The summed E-state index contributed by atoms with van der Waals surface area (Å²) in [5, 5.41) is 8.90.